The summed E-state index contributed by atoms with van der Waals surface area (Å²) in [5.74, 6) is -0.737. The molecule has 10 heteroatoms. The molecule has 0 spiro atoms. The zero-order valence-corrected chi connectivity index (χ0v) is 15.2. The molecule has 3 amide bonds. The fourth-order valence-electron chi connectivity index (χ4n) is 2.68. The maximum Gasteiger partial charge on any atom is 0.341 e. The Morgan fingerprint density at radius 2 is 2.31 bits per heavy atom. The van der Waals surface area contributed by atoms with Crippen LogP contribution in [-0.4, -0.2) is 46.9 Å². The maximum absolute atomic E-state index is 12.4. The summed E-state index contributed by atoms with van der Waals surface area (Å²) >= 11 is 1.21. The molecular formula is C16H19N5O4S. The normalized spacial score (nSPS) is 16.2. The molecule has 2 aromatic rings. The number of anilines is 1. The molecule has 0 radical (unpaired) electrons. The van der Waals surface area contributed by atoms with Crippen molar-refractivity contribution in [2.75, 3.05) is 18.5 Å². The quantitative estimate of drug-likeness (QED) is 0.682. The van der Waals surface area contributed by atoms with Gasteiger partial charge in [0.2, 0.25) is 5.91 Å². The lowest BCUT2D eigenvalue weighted by Crippen LogP contribution is -2.42. The van der Waals surface area contributed by atoms with Crippen LogP contribution >= 0.6 is 11.3 Å². The van der Waals surface area contributed by atoms with Gasteiger partial charge in [0.25, 0.3) is 0 Å². The van der Waals surface area contributed by atoms with E-state index in [0.29, 0.717) is 28.5 Å². The Bertz CT molecular complexity index is 830. The van der Waals surface area contributed by atoms with Crippen LogP contribution in [0.15, 0.2) is 18.5 Å². The third kappa shape index (κ3) is 3.54. The summed E-state index contributed by atoms with van der Waals surface area (Å²) in [6.07, 6.45) is 3.90. The first-order valence-corrected chi connectivity index (χ1v) is 8.98. The van der Waals surface area contributed by atoms with Gasteiger partial charge in [0.05, 0.1) is 12.2 Å². The standard InChI is InChI=1S/C16H19N5O4S/c1-3-25-15(23)11-9(2)14(21-8-4-6-18-21)26-13(11)20-16(24)19-10-5-7-17-12(10)22/h4,6,8,10H,3,5,7H2,1-2H3,(H,17,22)(H2,19,20,24)/t10-/m0/s1. The second-order valence-electron chi connectivity index (χ2n) is 5.64. The molecule has 3 rings (SSSR count). The van der Waals surface area contributed by atoms with Crippen molar-refractivity contribution in [3.8, 4) is 5.00 Å². The molecule has 0 bridgehead atoms. The van der Waals surface area contributed by atoms with Gasteiger partial charge in [-0.25, -0.2) is 14.3 Å². The number of nitrogens with one attached hydrogen (secondary N) is 3. The Balaban J connectivity index is 1.86. The third-order valence-corrected chi connectivity index (χ3v) is 5.09. The molecule has 0 aliphatic carbocycles. The highest BCUT2D eigenvalue weighted by molar-refractivity contribution is 7.19. The summed E-state index contributed by atoms with van der Waals surface area (Å²) in [7, 11) is 0. The molecule has 0 aromatic carbocycles. The lowest BCUT2D eigenvalue weighted by Gasteiger charge is -2.11. The summed E-state index contributed by atoms with van der Waals surface area (Å²) in [4.78, 5) is 36.2. The zero-order valence-electron chi connectivity index (χ0n) is 14.4. The average molecular weight is 377 g/mol. The van der Waals surface area contributed by atoms with Gasteiger partial charge in [-0.3, -0.25) is 10.1 Å². The number of aromatic nitrogens is 2. The smallest absolute Gasteiger partial charge is 0.341 e. The maximum atomic E-state index is 12.4. The van der Waals surface area contributed by atoms with E-state index < -0.39 is 18.0 Å². The van der Waals surface area contributed by atoms with Crippen LogP contribution in [0.1, 0.15) is 29.3 Å². The zero-order chi connectivity index (χ0) is 18.7. The molecular weight excluding hydrogens is 358 g/mol. The lowest BCUT2D eigenvalue weighted by atomic mass is 10.2. The minimum atomic E-state index is -0.576. The Kier molecular flexibility index (Phi) is 5.21. The number of hydrogen-bond acceptors (Lipinski definition) is 6. The first kappa shape index (κ1) is 17.9. The molecule has 1 saturated heterocycles. The highest BCUT2D eigenvalue weighted by Gasteiger charge is 2.28. The van der Waals surface area contributed by atoms with Gasteiger partial charge in [-0.2, -0.15) is 5.10 Å². The van der Waals surface area contributed by atoms with E-state index in [2.05, 4.69) is 21.0 Å². The van der Waals surface area contributed by atoms with Gasteiger partial charge in [0, 0.05) is 24.5 Å². The summed E-state index contributed by atoms with van der Waals surface area (Å²) in [6, 6.07) is 0.639. The molecule has 9 nitrogen and oxygen atoms in total. The first-order chi connectivity index (χ1) is 12.5. The number of esters is 1. The molecule has 26 heavy (non-hydrogen) atoms. The molecule has 0 saturated carbocycles. The number of rotatable bonds is 5. The van der Waals surface area contributed by atoms with Crippen LogP contribution in [0.25, 0.3) is 5.00 Å². The van der Waals surface area contributed by atoms with Crippen molar-refractivity contribution in [1.82, 2.24) is 20.4 Å². The number of urea groups is 1. The van der Waals surface area contributed by atoms with Crippen LogP contribution in [0.5, 0.6) is 0 Å². The van der Waals surface area contributed by atoms with Crippen molar-refractivity contribution in [3.63, 3.8) is 0 Å². The summed E-state index contributed by atoms with van der Waals surface area (Å²) in [5.41, 5.74) is 0.944. The fraction of sp³-hybridized carbons (Fsp3) is 0.375. The largest absolute Gasteiger partial charge is 0.462 e. The predicted octanol–water partition coefficient (Wildman–Crippen LogP) is 1.43. The molecule has 0 unspecified atom stereocenters. The molecule has 2 aromatic heterocycles. The summed E-state index contributed by atoms with van der Waals surface area (Å²) < 4.78 is 6.74. The van der Waals surface area contributed by atoms with Gasteiger partial charge < -0.3 is 15.4 Å². The second-order valence-corrected chi connectivity index (χ2v) is 6.64. The van der Waals surface area contributed by atoms with E-state index in [1.54, 1.807) is 37.0 Å². The van der Waals surface area contributed by atoms with E-state index in [4.69, 9.17) is 4.74 Å². The Hall–Kier alpha value is -2.88. The Labute approximate surface area is 153 Å². The van der Waals surface area contributed by atoms with E-state index in [0.717, 1.165) is 0 Å². The predicted molar refractivity (Wildman–Crippen MR) is 95.7 cm³/mol. The fourth-order valence-corrected chi connectivity index (χ4v) is 3.81. The van der Waals surface area contributed by atoms with E-state index in [-0.39, 0.29) is 18.1 Å². The monoisotopic (exact) mass is 377 g/mol. The number of nitrogens with zero attached hydrogens (tertiary/aromatic N) is 2. The number of amides is 3. The summed E-state index contributed by atoms with van der Waals surface area (Å²) in [6.45, 7) is 4.23. The van der Waals surface area contributed by atoms with Crippen molar-refractivity contribution in [3.05, 3.63) is 29.6 Å². The van der Waals surface area contributed by atoms with E-state index >= 15 is 0 Å². The van der Waals surface area contributed by atoms with Crippen molar-refractivity contribution in [2.45, 2.75) is 26.3 Å². The number of carbonyl (C=O) groups excluding carboxylic acids is 3. The molecule has 1 atom stereocenters. The molecule has 138 valence electrons. The van der Waals surface area contributed by atoms with Crippen molar-refractivity contribution in [1.29, 1.82) is 0 Å². The van der Waals surface area contributed by atoms with Crippen LogP contribution in [0, 0.1) is 6.92 Å². The van der Waals surface area contributed by atoms with Crippen molar-refractivity contribution >= 4 is 34.2 Å². The highest BCUT2D eigenvalue weighted by Crippen LogP contribution is 2.36. The van der Waals surface area contributed by atoms with Gasteiger partial charge in [-0.05, 0) is 26.3 Å². The van der Waals surface area contributed by atoms with Gasteiger partial charge in [0.15, 0.2) is 0 Å². The Morgan fingerprint density at radius 3 is 2.92 bits per heavy atom. The second kappa shape index (κ2) is 7.56. The van der Waals surface area contributed by atoms with Gasteiger partial charge in [-0.15, -0.1) is 0 Å². The Morgan fingerprint density at radius 1 is 1.50 bits per heavy atom. The number of ether oxygens (including phenoxy) is 1. The minimum Gasteiger partial charge on any atom is -0.462 e. The average Bonchev–Trinajstić information content (AvgIpc) is 3.30. The van der Waals surface area contributed by atoms with Crippen LogP contribution in [0.3, 0.4) is 0 Å². The number of hydrogen-bond donors (Lipinski definition) is 3. The molecule has 1 aliphatic heterocycles. The topological polar surface area (TPSA) is 114 Å². The van der Waals surface area contributed by atoms with Crippen LogP contribution < -0.4 is 16.0 Å². The number of carbonyl (C=O) groups is 3. The molecule has 3 heterocycles. The molecule has 3 N–H and O–H groups in total. The summed E-state index contributed by atoms with van der Waals surface area (Å²) in [5, 5.41) is 13.2. The minimum absolute atomic E-state index is 0.217. The van der Waals surface area contributed by atoms with Crippen molar-refractivity contribution < 1.29 is 19.1 Å². The van der Waals surface area contributed by atoms with E-state index in [1.165, 1.54) is 11.3 Å². The van der Waals surface area contributed by atoms with Gasteiger partial charge in [0.1, 0.15) is 16.0 Å². The first-order valence-electron chi connectivity index (χ1n) is 8.17. The third-order valence-electron chi connectivity index (χ3n) is 3.89. The van der Waals surface area contributed by atoms with Crippen LogP contribution in [0.4, 0.5) is 9.80 Å². The van der Waals surface area contributed by atoms with E-state index in [9.17, 15) is 14.4 Å². The SMILES string of the molecule is CCOC(=O)c1c(NC(=O)N[C@H]2CCNC2=O)sc(-n2cccn2)c1C. The van der Waals surface area contributed by atoms with Gasteiger partial charge in [-0.1, -0.05) is 11.3 Å². The van der Waals surface area contributed by atoms with Crippen LogP contribution in [0.2, 0.25) is 0 Å². The molecule has 1 fully saturated rings. The van der Waals surface area contributed by atoms with Crippen molar-refractivity contribution in [2.24, 2.45) is 0 Å². The van der Waals surface area contributed by atoms with Crippen LogP contribution in [-0.2, 0) is 9.53 Å². The number of thiophene rings is 1. The van der Waals surface area contributed by atoms with E-state index in [1.807, 2.05) is 0 Å². The van der Waals surface area contributed by atoms with Gasteiger partial charge >= 0.3 is 12.0 Å². The molecule has 1 aliphatic rings. The highest BCUT2D eigenvalue weighted by atomic mass is 32.1. The lowest BCUT2D eigenvalue weighted by molar-refractivity contribution is -0.120.